The van der Waals surface area contributed by atoms with Crippen LogP contribution >= 0.6 is 0 Å². The Labute approximate surface area is 46.9 Å². The van der Waals surface area contributed by atoms with Gasteiger partial charge in [0.15, 0.2) is 0 Å². The third kappa shape index (κ3) is 6.28. The van der Waals surface area contributed by atoms with E-state index in [4.69, 9.17) is 9.11 Å². The molecule has 4 nitrogen and oxygen atoms in total. The average molecular weight is 144 g/mol. The molecule has 0 bridgehead atoms. The van der Waals surface area contributed by atoms with Crippen molar-refractivity contribution in [3.8, 4) is 0 Å². The monoisotopic (exact) mass is 144 g/mol. The van der Waals surface area contributed by atoms with Gasteiger partial charge in [-0.2, -0.15) is 0 Å². The molecule has 0 heterocycles. The SMILES string of the molecule is B.O=S(O)S(=O)O. The van der Waals surface area contributed by atoms with Gasteiger partial charge in [0, 0.05) is 0 Å². The van der Waals surface area contributed by atoms with Gasteiger partial charge in [-0.3, -0.25) is 9.11 Å². The molecule has 0 aliphatic rings. The Bertz CT molecular complexity index is 75.7. The van der Waals surface area contributed by atoms with Crippen molar-refractivity contribution in [1.82, 2.24) is 0 Å². The molecule has 0 aliphatic heterocycles. The molecule has 0 aliphatic carbocycles. The average Bonchev–Trinajstić information content (AvgIpc) is 1.36. The van der Waals surface area contributed by atoms with Crippen molar-refractivity contribution in [2.45, 2.75) is 0 Å². The zero-order valence-corrected chi connectivity index (χ0v) is 4.16. The first-order chi connectivity index (χ1) is 2.64. The van der Waals surface area contributed by atoms with Crippen molar-refractivity contribution in [2.75, 3.05) is 0 Å². The van der Waals surface area contributed by atoms with Gasteiger partial charge in [0.05, 0.1) is 8.41 Å². The Hall–Kier alpha value is 0.285. The fraction of sp³-hybridized carbons (Fsp3) is 0. The molecule has 2 unspecified atom stereocenters. The summed E-state index contributed by atoms with van der Waals surface area (Å²) in [6.07, 6.45) is 0. The molecule has 0 saturated heterocycles. The van der Waals surface area contributed by atoms with Crippen LogP contribution < -0.4 is 0 Å². The van der Waals surface area contributed by atoms with Crippen LogP contribution in [0.1, 0.15) is 0 Å². The first-order valence-corrected chi connectivity index (χ1v) is 3.60. The van der Waals surface area contributed by atoms with E-state index < -0.39 is 20.2 Å². The topological polar surface area (TPSA) is 74.6 Å². The summed E-state index contributed by atoms with van der Waals surface area (Å²) in [6.45, 7) is 0. The van der Waals surface area contributed by atoms with E-state index in [0.717, 1.165) is 0 Å². The molecule has 2 atom stereocenters. The lowest BCUT2D eigenvalue weighted by molar-refractivity contribution is 0.548. The van der Waals surface area contributed by atoms with Gasteiger partial charge in [-0.05, 0) is 0 Å². The minimum Gasteiger partial charge on any atom is -0.294 e. The standard InChI is InChI=1S/BH3.H2O4S2/c;1-5(2)6(3)4/h1H3;(H,1,2)(H,3,4). The predicted molar refractivity (Wildman–Crippen MR) is 31.5 cm³/mol. The highest BCUT2D eigenvalue weighted by Crippen LogP contribution is 1.74. The quantitative estimate of drug-likeness (QED) is 0.257. The lowest BCUT2D eigenvalue weighted by Gasteiger charge is -1.74. The lowest BCUT2D eigenvalue weighted by Crippen LogP contribution is -1.93. The van der Waals surface area contributed by atoms with Crippen LogP contribution in [0.25, 0.3) is 0 Å². The fourth-order valence-corrected chi connectivity index (χ4v) is 0. The number of rotatable bonds is 1. The largest absolute Gasteiger partial charge is 0.294 e. The van der Waals surface area contributed by atoms with Gasteiger partial charge in [0.2, 0.25) is 0 Å². The molecule has 0 saturated carbocycles. The second-order valence-electron chi connectivity index (χ2n) is 0.434. The summed E-state index contributed by atoms with van der Waals surface area (Å²) in [5.74, 6) is 0. The normalized spacial score (nSPS) is 16.9. The predicted octanol–water partition coefficient (Wildman–Crippen LogP) is -1.84. The van der Waals surface area contributed by atoms with E-state index in [-0.39, 0.29) is 8.41 Å². The summed E-state index contributed by atoms with van der Waals surface area (Å²) in [4.78, 5) is 0. The van der Waals surface area contributed by atoms with Gasteiger partial charge in [-0.1, -0.05) is 0 Å². The summed E-state index contributed by atoms with van der Waals surface area (Å²) in [5, 5.41) is 0. The molecule has 0 amide bonds. The van der Waals surface area contributed by atoms with E-state index in [0.29, 0.717) is 0 Å². The molecular weight excluding hydrogens is 139 g/mol. The second-order valence-corrected chi connectivity index (χ2v) is 3.01. The van der Waals surface area contributed by atoms with Crippen LogP contribution in [0.15, 0.2) is 0 Å². The molecule has 44 valence electrons. The maximum absolute atomic E-state index is 9.26. The fourth-order valence-electron chi connectivity index (χ4n) is 0. The lowest BCUT2D eigenvalue weighted by atomic mass is 10.8. The van der Waals surface area contributed by atoms with E-state index in [9.17, 15) is 8.42 Å². The molecule has 0 aromatic rings. The maximum Gasteiger partial charge on any atom is 0.274 e. The summed E-state index contributed by atoms with van der Waals surface area (Å²) in [5.41, 5.74) is 0. The van der Waals surface area contributed by atoms with E-state index in [1.165, 1.54) is 0 Å². The molecule has 0 fully saturated rings. The summed E-state index contributed by atoms with van der Waals surface area (Å²) in [7, 11) is -5.18. The van der Waals surface area contributed by atoms with Gasteiger partial charge < -0.3 is 0 Å². The van der Waals surface area contributed by atoms with Gasteiger partial charge >= 0.3 is 0 Å². The first kappa shape index (κ1) is 10.3. The highest BCUT2D eigenvalue weighted by molar-refractivity contribution is 8.56. The minimum absolute atomic E-state index is 0. The molecule has 0 aromatic heterocycles. The minimum atomic E-state index is -2.59. The van der Waals surface area contributed by atoms with Crippen LogP contribution in [-0.2, 0) is 20.2 Å². The number of hydrogen-bond donors (Lipinski definition) is 2. The number of hydrogen-bond acceptors (Lipinski definition) is 2. The van der Waals surface area contributed by atoms with Gasteiger partial charge in [-0.15, -0.1) is 0 Å². The molecule has 7 heteroatoms. The highest BCUT2D eigenvalue weighted by atomic mass is 33.2. The van der Waals surface area contributed by atoms with Gasteiger partial charge in [0.25, 0.3) is 20.2 Å². The molecule has 0 aromatic carbocycles. The van der Waals surface area contributed by atoms with Crippen LogP contribution in [-0.4, -0.2) is 25.9 Å². The zero-order chi connectivity index (χ0) is 5.15. The summed E-state index contributed by atoms with van der Waals surface area (Å²) < 4.78 is 33.6. The van der Waals surface area contributed by atoms with Crippen LogP contribution in [0, 0.1) is 0 Å². The smallest absolute Gasteiger partial charge is 0.274 e. The van der Waals surface area contributed by atoms with E-state index >= 15 is 0 Å². The molecule has 2 N–H and O–H groups in total. The van der Waals surface area contributed by atoms with Crippen LogP contribution in [0.5, 0.6) is 0 Å². The summed E-state index contributed by atoms with van der Waals surface area (Å²) in [6, 6.07) is 0. The van der Waals surface area contributed by atoms with E-state index in [1.54, 1.807) is 0 Å². The van der Waals surface area contributed by atoms with E-state index in [2.05, 4.69) is 0 Å². The van der Waals surface area contributed by atoms with Gasteiger partial charge in [-0.25, -0.2) is 8.42 Å². The summed E-state index contributed by atoms with van der Waals surface area (Å²) >= 11 is 0. The van der Waals surface area contributed by atoms with Gasteiger partial charge in [0.1, 0.15) is 0 Å². The van der Waals surface area contributed by atoms with Crippen molar-refractivity contribution >= 4 is 28.6 Å². The van der Waals surface area contributed by atoms with Crippen LogP contribution in [0.3, 0.4) is 0 Å². The Balaban J connectivity index is 0. The van der Waals surface area contributed by atoms with Crippen molar-refractivity contribution in [3.05, 3.63) is 0 Å². The molecule has 0 spiro atoms. The second kappa shape index (κ2) is 4.44. The van der Waals surface area contributed by atoms with Crippen molar-refractivity contribution in [1.29, 1.82) is 0 Å². The Morgan fingerprint density at radius 3 is 1.14 bits per heavy atom. The van der Waals surface area contributed by atoms with Crippen LogP contribution in [0.4, 0.5) is 0 Å². The highest BCUT2D eigenvalue weighted by Gasteiger charge is 1.95. The maximum atomic E-state index is 9.26. The zero-order valence-electron chi connectivity index (χ0n) is 2.53. The molecule has 0 radical (unpaired) electrons. The first-order valence-electron chi connectivity index (χ1n) is 0.865. The van der Waals surface area contributed by atoms with Crippen molar-refractivity contribution < 1.29 is 17.5 Å². The van der Waals surface area contributed by atoms with E-state index in [1.807, 2.05) is 0 Å². The molecule has 0 rings (SSSR count). The Morgan fingerprint density at radius 1 is 1.00 bits per heavy atom. The van der Waals surface area contributed by atoms with Crippen molar-refractivity contribution in [3.63, 3.8) is 0 Å². The van der Waals surface area contributed by atoms with Crippen molar-refractivity contribution in [2.24, 2.45) is 0 Å². The van der Waals surface area contributed by atoms with Crippen LogP contribution in [0.2, 0.25) is 0 Å². The third-order valence-electron chi connectivity index (χ3n) is 0.122. The molecular formula is H5BO4S2. The Morgan fingerprint density at radius 2 is 1.14 bits per heavy atom. The third-order valence-corrected chi connectivity index (χ3v) is 1.10. The molecule has 7 heavy (non-hydrogen) atoms. The Kier molecular flexibility index (Phi) is 6.54.